The van der Waals surface area contributed by atoms with E-state index in [1.165, 1.54) is 6.07 Å². The summed E-state index contributed by atoms with van der Waals surface area (Å²) in [6.45, 7) is 2.65. The number of ether oxygens (including phenoxy) is 1. The first-order valence-electron chi connectivity index (χ1n) is 8.65. The Kier molecular flexibility index (Phi) is 5.49. The van der Waals surface area contributed by atoms with Crippen LogP contribution in [0.25, 0.3) is 11.3 Å². The topological polar surface area (TPSA) is 27.1 Å². The number of hydrogen-bond acceptors (Lipinski definition) is 2. The predicted octanol–water partition coefficient (Wildman–Crippen LogP) is 5.09. The van der Waals surface area contributed by atoms with Gasteiger partial charge in [-0.25, -0.2) is 9.37 Å². The lowest BCUT2D eigenvalue weighted by Crippen LogP contribution is -2.06. The molecule has 130 valence electrons. The Morgan fingerprint density at radius 3 is 2.60 bits per heavy atom. The van der Waals surface area contributed by atoms with Gasteiger partial charge in [0.05, 0.1) is 25.7 Å². The van der Waals surface area contributed by atoms with Crippen molar-refractivity contribution in [3.8, 4) is 17.0 Å². The van der Waals surface area contributed by atoms with Gasteiger partial charge in [-0.15, -0.1) is 0 Å². The number of rotatable bonds is 7. The Morgan fingerprint density at radius 1 is 1.08 bits per heavy atom. The predicted molar refractivity (Wildman–Crippen MR) is 98.3 cm³/mol. The van der Waals surface area contributed by atoms with Crippen molar-refractivity contribution in [2.24, 2.45) is 0 Å². The van der Waals surface area contributed by atoms with Gasteiger partial charge in [-0.2, -0.15) is 0 Å². The van der Waals surface area contributed by atoms with Gasteiger partial charge in [0.1, 0.15) is 11.6 Å². The molecule has 0 amide bonds. The fourth-order valence-corrected chi connectivity index (χ4v) is 3.03. The van der Waals surface area contributed by atoms with E-state index in [4.69, 9.17) is 4.74 Å². The molecule has 1 aromatic heterocycles. The molecule has 0 spiro atoms. The first-order chi connectivity index (χ1) is 12.2. The standard InChI is InChI=1S/C21H23FN2O/c1-3-4-12-19-21(17-10-6-8-13-20(17)25-2)23-15-24(19)14-16-9-5-7-11-18(16)22/h5-11,13,15H,3-4,12,14H2,1-2H3. The summed E-state index contributed by atoms with van der Waals surface area (Å²) in [5.74, 6) is 0.618. The van der Waals surface area contributed by atoms with Crippen LogP contribution in [0.5, 0.6) is 5.75 Å². The van der Waals surface area contributed by atoms with E-state index in [0.717, 1.165) is 42.0 Å². The van der Waals surface area contributed by atoms with E-state index in [0.29, 0.717) is 12.1 Å². The molecular weight excluding hydrogens is 315 g/mol. The third kappa shape index (κ3) is 3.73. The second kappa shape index (κ2) is 7.97. The largest absolute Gasteiger partial charge is 0.496 e. The van der Waals surface area contributed by atoms with E-state index in [1.807, 2.05) is 36.4 Å². The fraction of sp³-hybridized carbons (Fsp3) is 0.286. The monoisotopic (exact) mass is 338 g/mol. The van der Waals surface area contributed by atoms with Crippen molar-refractivity contribution in [1.29, 1.82) is 0 Å². The number of aromatic nitrogens is 2. The lowest BCUT2D eigenvalue weighted by Gasteiger charge is -2.12. The van der Waals surface area contributed by atoms with Crippen LogP contribution in [0.1, 0.15) is 31.0 Å². The maximum absolute atomic E-state index is 14.1. The smallest absolute Gasteiger partial charge is 0.128 e. The van der Waals surface area contributed by atoms with Crippen LogP contribution in [-0.4, -0.2) is 16.7 Å². The minimum atomic E-state index is -0.184. The van der Waals surface area contributed by atoms with Gasteiger partial charge in [-0.1, -0.05) is 43.7 Å². The van der Waals surface area contributed by atoms with Crippen LogP contribution >= 0.6 is 0 Å². The molecule has 0 atom stereocenters. The third-order valence-corrected chi connectivity index (χ3v) is 4.37. The Bertz CT molecular complexity index is 841. The molecule has 0 aliphatic rings. The summed E-state index contributed by atoms with van der Waals surface area (Å²) >= 11 is 0. The van der Waals surface area contributed by atoms with E-state index in [9.17, 15) is 4.39 Å². The van der Waals surface area contributed by atoms with Crippen LogP contribution < -0.4 is 4.74 Å². The van der Waals surface area contributed by atoms with Crippen LogP contribution in [0.4, 0.5) is 4.39 Å². The van der Waals surface area contributed by atoms with Gasteiger partial charge in [0.2, 0.25) is 0 Å². The second-order valence-electron chi connectivity index (χ2n) is 6.06. The zero-order chi connectivity index (χ0) is 17.6. The number of halogens is 1. The average molecular weight is 338 g/mol. The Balaban J connectivity index is 2.02. The highest BCUT2D eigenvalue weighted by Crippen LogP contribution is 2.32. The van der Waals surface area contributed by atoms with Gasteiger partial charge in [0.15, 0.2) is 0 Å². The number of benzene rings is 2. The summed E-state index contributed by atoms with van der Waals surface area (Å²) in [5.41, 5.74) is 3.68. The Morgan fingerprint density at radius 2 is 1.84 bits per heavy atom. The molecule has 1 heterocycles. The van der Waals surface area contributed by atoms with Crippen molar-refractivity contribution in [1.82, 2.24) is 9.55 Å². The van der Waals surface area contributed by atoms with Crippen LogP contribution in [0.3, 0.4) is 0 Å². The van der Waals surface area contributed by atoms with E-state index >= 15 is 0 Å². The number of unbranched alkanes of at least 4 members (excludes halogenated alkanes) is 1. The van der Waals surface area contributed by atoms with Crippen molar-refractivity contribution in [3.05, 3.63) is 71.9 Å². The zero-order valence-corrected chi connectivity index (χ0v) is 14.7. The highest BCUT2D eigenvalue weighted by atomic mass is 19.1. The molecule has 25 heavy (non-hydrogen) atoms. The maximum atomic E-state index is 14.1. The number of hydrogen-bond donors (Lipinski definition) is 0. The summed E-state index contributed by atoms with van der Waals surface area (Å²) in [6.07, 6.45) is 4.86. The van der Waals surface area contributed by atoms with Crippen molar-refractivity contribution in [2.75, 3.05) is 7.11 Å². The summed E-state index contributed by atoms with van der Waals surface area (Å²) in [7, 11) is 1.67. The normalized spacial score (nSPS) is 10.8. The van der Waals surface area contributed by atoms with E-state index in [-0.39, 0.29) is 5.82 Å². The highest BCUT2D eigenvalue weighted by molar-refractivity contribution is 5.69. The molecular formula is C21H23FN2O. The van der Waals surface area contributed by atoms with Gasteiger partial charge >= 0.3 is 0 Å². The van der Waals surface area contributed by atoms with Crippen molar-refractivity contribution >= 4 is 0 Å². The van der Waals surface area contributed by atoms with E-state index in [1.54, 1.807) is 19.5 Å². The first kappa shape index (κ1) is 17.2. The lowest BCUT2D eigenvalue weighted by atomic mass is 10.1. The quantitative estimate of drug-likeness (QED) is 0.600. The lowest BCUT2D eigenvalue weighted by molar-refractivity contribution is 0.416. The maximum Gasteiger partial charge on any atom is 0.128 e. The molecule has 0 aliphatic carbocycles. The van der Waals surface area contributed by atoms with Crippen LogP contribution in [0.2, 0.25) is 0 Å². The van der Waals surface area contributed by atoms with Crippen molar-refractivity contribution in [2.45, 2.75) is 32.7 Å². The molecule has 0 fully saturated rings. The van der Waals surface area contributed by atoms with Gasteiger partial charge in [0.25, 0.3) is 0 Å². The minimum absolute atomic E-state index is 0.184. The molecule has 2 aromatic carbocycles. The van der Waals surface area contributed by atoms with E-state index < -0.39 is 0 Å². The SMILES string of the molecule is CCCCc1c(-c2ccccc2OC)ncn1Cc1ccccc1F. The van der Waals surface area contributed by atoms with Gasteiger partial charge in [-0.3, -0.25) is 0 Å². The number of methoxy groups -OCH3 is 1. The van der Waals surface area contributed by atoms with E-state index in [2.05, 4.69) is 16.5 Å². The molecule has 0 saturated carbocycles. The van der Waals surface area contributed by atoms with Crippen molar-refractivity contribution in [3.63, 3.8) is 0 Å². The summed E-state index contributed by atoms with van der Waals surface area (Å²) in [4.78, 5) is 4.63. The summed E-state index contributed by atoms with van der Waals surface area (Å²) < 4.78 is 21.6. The average Bonchev–Trinajstić information content (AvgIpc) is 3.04. The summed E-state index contributed by atoms with van der Waals surface area (Å²) in [6, 6.07) is 14.8. The number of para-hydroxylation sites is 1. The minimum Gasteiger partial charge on any atom is -0.496 e. The van der Waals surface area contributed by atoms with Gasteiger partial charge in [-0.05, 0) is 31.0 Å². The molecule has 0 radical (unpaired) electrons. The van der Waals surface area contributed by atoms with Crippen molar-refractivity contribution < 1.29 is 9.13 Å². The number of imidazole rings is 1. The zero-order valence-electron chi connectivity index (χ0n) is 14.7. The molecule has 3 aromatic rings. The molecule has 0 N–H and O–H groups in total. The fourth-order valence-electron chi connectivity index (χ4n) is 3.03. The van der Waals surface area contributed by atoms with Crippen LogP contribution in [0, 0.1) is 5.82 Å². The molecule has 0 bridgehead atoms. The molecule has 4 heteroatoms. The molecule has 0 saturated heterocycles. The Labute approximate surface area is 148 Å². The molecule has 3 nitrogen and oxygen atoms in total. The molecule has 0 aliphatic heterocycles. The Hall–Kier alpha value is -2.62. The second-order valence-corrected chi connectivity index (χ2v) is 6.06. The van der Waals surface area contributed by atoms with Crippen LogP contribution in [-0.2, 0) is 13.0 Å². The van der Waals surface area contributed by atoms with Gasteiger partial charge < -0.3 is 9.30 Å². The first-order valence-corrected chi connectivity index (χ1v) is 8.65. The molecule has 3 rings (SSSR count). The third-order valence-electron chi connectivity index (χ3n) is 4.37. The van der Waals surface area contributed by atoms with Crippen LogP contribution in [0.15, 0.2) is 54.9 Å². The van der Waals surface area contributed by atoms with Gasteiger partial charge in [0, 0.05) is 16.8 Å². The summed E-state index contributed by atoms with van der Waals surface area (Å²) in [5, 5.41) is 0. The molecule has 0 unspecified atom stereocenters. The number of nitrogens with zero attached hydrogens (tertiary/aromatic N) is 2. The highest BCUT2D eigenvalue weighted by Gasteiger charge is 2.16.